The van der Waals surface area contributed by atoms with Gasteiger partial charge < -0.3 is 5.11 Å². The maximum absolute atomic E-state index is 10.4. The van der Waals surface area contributed by atoms with Gasteiger partial charge in [-0.05, 0) is 12.1 Å². The molecule has 0 saturated heterocycles. The van der Waals surface area contributed by atoms with Gasteiger partial charge in [-0.1, -0.05) is 0 Å². The summed E-state index contributed by atoms with van der Waals surface area (Å²) < 4.78 is 0. The molecule has 13 heavy (non-hydrogen) atoms. The molecule has 2 aromatic heterocycles. The largest absolute Gasteiger partial charge is 0.481 e. The highest BCUT2D eigenvalue weighted by atomic mass is 16.4. The fraction of sp³-hybridized carbons (Fsp3) is 0.125. The van der Waals surface area contributed by atoms with E-state index in [1.807, 2.05) is 0 Å². The Hall–Kier alpha value is -1.91. The van der Waals surface area contributed by atoms with Crippen LogP contribution in [0.2, 0.25) is 0 Å². The summed E-state index contributed by atoms with van der Waals surface area (Å²) in [6, 6.07) is 3.55. The lowest BCUT2D eigenvalue weighted by Gasteiger charge is -1.90. The number of carboxylic acids is 1. The Kier molecular flexibility index (Phi) is 1.70. The van der Waals surface area contributed by atoms with Gasteiger partial charge in [-0.2, -0.15) is 5.10 Å². The molecule has 2 heterocycles. The van der Waals surface area contributed by atoms with Crippen LogP contribution in [0.15, 0.2) is 18.3 Å². The number of fused-ring (bicyclic) bond motifs is 1. The molecule has 0 bridgehead atoms. The molecule has 0 aliphatic carbocycles. The van der Waals surface area contributed by atoms with E-state index in [2.05, 4.69) is 15.2 Å². The Bertz CT molecular complexity index is 449. The van der Waals surface area contributed by atoms with E-state index in [1.54, 1.807) is 18.3 Å². The number of nitrogens with one attached hydrogen (secondary N) is 1. The van der Waals surface area contributed by atoms with Crippen molar-refractivity contribution in [2.45, 2.75) is 6.42 Å². The van der Waals surface area contributed by atoms with Gasteiger partial charge in [0.1, 0.15) is 0 Å². The van der Waals surface area contributed by atoms with E-state index in [0.29, 0.717) is 11.3 Å². The summed E-state index contributed by atoms with van der Waals surface area (Å²) >= 11 is 0. The van der Waals surface area contributed by atoms with Crippen molar-refractivity contribution in [2.75, 3.05) is 0 Å². The van der Waals surface area contributed by atoms with Gasteiger partial charge in [-0.25, -0.2) is 4.98 Å². The van der Waals surface area contributed by atoms with Crippen LogP contribution < -0.4 is 0 Å². The Morgan fingerprint density at radius 3 is 3.23 bits per heavy atom. The molecule has 0 amide bonds. The number of carboxylic acid groups (broad SMARTS) is 1. The zero-order valence-corrected chi connectivity index (χ0v) is 6.69. The number of hydrogen-bond donors (Lipinski definition) is 2. The summed E-state index contributed by atoms with van der Waals surface area (Å²) in [5, 5.41) is 15.9. The van der Waals surface area contributed by atoms with E-state index < -0.39 is 5.97 Å². The van der Waals surface area contributed by atoms with Crippen LogP contribution in [0.3, 0.4) is 0 Å². The highest BCUT2D eigenvalue weighted by Gasteiger charge is 2.08. The van der Waals surface area contributed by atoms with Crippen molar-refractivity contribution in [3.8, 4) is 0 Å². The van der Waals surface area contributed by atoms with Crippen molar-refractivity contribution in [2.24, 2.45) is 0 Å². The Morgan fingerprint density at radius 1 is 1.62 bits per heavy atom. The van der Waals surface area contributed by atoms with Gasteiger partial charge in [0.05, 0.1) is 12.1 Å². The minimum Gasteiger partial charge on any atom is -0.481 e. The van der Waals surface area contributed by atoms with Crippen LogP contribution in [0, 0.1) is 0 Å². The molecule has 0 fully saturated rings. The summed E-state index contributed by atoms with van der Waals surface area (Å²) in [6.07, 6.45) is 1.57. The predicted octanol–water partition coefficient (Wildman–Crippen LogP) is 0.585. The van der Waals surface area contributed by atoms with Crippen LogP contribution >= 0.6 is 0 Å². The van der Waals surface area contributed by atoms with E-state index in [0.717, 1.165) is 5.39 Å². The lowest BCUT2D eigenvalue weighted by molar-refractivity contribution is -0.136. The number of H-pyrrole nitrogens is 1. The molecule has 0 saturated carbocycles. The van der Waals surface area contributed by atoms with E-state index in [9.17, 15) is 4.79 Å². The van der Waals surface area contributed by atoms with Crippen LogP contribution in [-0.4, -0.2) is 26.3 Å². The fourth-order valence-electron chi connectivity index (χ4n) is 1.19. The van der Waals surface area contributed by atoms with Gasteiger partial charge in [0.15, 0.2) is 5.65 Å². The number of nitrogens with zero attached hydrogens (tertiary/aromatic N) is 2. The van der Waals surface area contributed by atoms with Crippen molar-refractivity contribution < 1.29 is 9.90 Å². The molecule has 5 heteroatoms. The molecular formula is C8H7N3O2. The molecule has 2 aromatic rings. The van der Waals surface area contributed by atoms with E-state index in [4.69, 9.17) is 5.11 Å². The molecular weight excluding hydrogens is 170 g/mol. The molecule has 2 N–H and O–H groups in total. The Labute approximate surface area is 73.4 Å². The van der Waals surface area contributed by atoms with Gasteiger partial charge in [-0.15, -0.1) is 0 Å². The number of hydrogen-bond acceptors (Lipinski definition) is 3. The van der Waals surface area contributed by atoms with Crippen LogP contribution in [-0.2, 0) is 11.2 Å². The van der Waals surface area contributed by atoms with Gasteiger partial charge in [-0.3, -0.25) is 9.89 Å². The monoisotopic (exact) mass is 177 g/mol. The minimum atomic E-state index is -0.880. The molecule has 0 aromatic carbocycles. The standard InChI is InChI=1S/C8H7N3O2/c12-7(13)4-6-5-2-1-3-9-8(5)11-10-6/h1-3H,4H2,(H,12,13)(H,9,10,11). The smallest absolute Gasteiger partial charge is 0.309 e. The summed E-state index contributed by atoms with van der Waals surface area (Å²) in [5.41, 5.74) is 1.15. The third-order valence-electron chi connectivity index (χ3n) is 1.74. The minimum absolute atomic E-state index is 0.0534. The molecule has 0 atom stereocenters. The first kappa shape index (κ1) is 7.72. The fourth-order valence-corrected chi connectivity index (χ4v) is 1.19. The second kappa shape index (κ2) is 2.85. The molecule has 0 aliphatic heterocycles. The van der Waals surface area contributed by atoms with E-state index in [1.165, 1.54) is 0 Å². The van der Waals surface area contributed by atoms with Crippen LogP contribution in [0.4, 0.5) is 0 Å². The molecule has 0 spiro atoms. The first-order valence-electron chi connectivity index (χ1n) is 3.77. The molecule has 0 unspecified atom stereocenters. The van der Waals surface area contributed by atoms with Crippen LogP contribution in [0.1, 0.15) is 5.69 Å². The van der Waals surface area contributed by atoms with Gasteiger partial charge in [0, 0.05) is 11.6 Å². The third kappa shape index (κ3) is 1.35. The Balaban J connectivity index is 2.51. The van der Waals surface area contributed by atoms with Crippen LogP contribution in [0.5, 0.6) is 0 Å². The lowest BCUT2D eigenvalue weighted by atomic mass is 10.2. The Morgan fingerprint density at radius 2 is 2.46 bits per heavy atom. The average molecular weight is 177 g/mol. The summed E-state index contributed by atoms with van der Waals surface area (Å²) in [4.78, 5) is 14.4. The molecule has 0 aliphatic rings. The number of aliphatic carboxylic acids is 1. The highest BCUT2D eigenvalue weighted by Crippen LogP contribution is 2.12. The summed E-state index contributed by atoms with van der Waals surface area (Å²) in [5.74, 6) is -0.880. The second-order valence-corrected chi connectivity index (χ2v) is 2.65. The van der Waals surface area contributed by atoms with Crippen LogP contribution in [0.25, 0.3) is 11.0 Å². The zero-order chi connectivity index (χ0) is 9.26. The average Bonchev–Trinajstić information content (AvgIpc) is 2.48. The highest BCUT2D eigenvalue weighted by molar-refractivity contribution is 5.82. The normalized spacial score (nSPS) is 10.5. The topological polar surface area (TPSA) is 78.9 Å². The number of rotatable bonds is 2. The van der Waals surface area contributed by atoms with Gasteiger partial charge in [0.2, 0.25) is 0 Å². The first-order chi connectivity index (χ1) is 6.27. The molecule has 5 nitrogen and oxygen atoms in total. The number of aromatic amines is 1. The summed E-state index contributed by atoms with van der Waals surface area (Å²) in [7, 11) is 0. The second-order valence-electron chi connectivity index (χ2n) is 2.65. The summed E-state index contributed by atoms with van der Waals surface area (Å²) in [6.45, 7) is 0. The van der Waals surface area contributed by atoms with E-state index >= 15 is 0 Å². The van der Waals surface area contributed by atoms with Crippen molar-refractivity contribution in [1.29, 1.82) is 0 Å². The maximum Gasteiger partial charge on any atom is 0.309 e. The number of carbonyl (C=O) groups is 1. The van der Waals surface area contributed by atoms with Crippen molar-refractivity contribution in [3.63, 3.8) is 0 Å². The number of pyridine rings is 1. The van der Waals surface area contributed by atoms with Gasteiger partial charge >= 0.3 is 5.97 Å². The zero-order valence-electron chi connectivity index (χ0n) is 6.69. The lowest BCUT2D eigenvalue weighted by Crippen LogP contribution is -2.00. The van der Waals surface area contributed by atoms with Crippen molar-refractivity contribution in [3.05, 3.63) is 24.0 Å². The van der Waals surface area contributed by atoms with Crippen molar-refractivity contribution in [1.82, 2.24) is 15.2 Å². The molecule has 66 valence electrons. The van der Waals surface area contributed by atoms with Crippen molar-refractivity contribution >= 4 is 17.0 Å². The molecule has 2 rings (SSSR count). The van der Waals surface area contributed by atoms with Gasteiger partial charge in [0.25, 0.3) is 0 Å². The van der Waals surface area contributed by atoms with E-state index in [-0.39, 0.29) is 6.42 Å². The number of aromatic nitrogens is 3. The molecule has 0 radical (unpaired) electrons. The SMILES string of the molecule is O=C(O)Cc1[nH]nc2ncccc12. The first-order valence-corrected chi connectivity index (χ1v) is 3.77. The quantitative estimate of drug-likeness (QED) is 0.703. The predicted molar refractivity (Wildman–Crippen MR) is 45.2 cm³/mol. The third-order valence-corrected chi connectivity index (χ3v) is 1.74. The maximum atomic E-state index is 10.4.